The van der Waals surface area contributed by atoms with E-state index in [1.165, 1.54) is 22.0 Å². The van der Waals surface area contributed by atoms with E-state index in [1.807, 2.05) is 37.3 Å². The van der Waals surface area contributed by atoms with E-state index in [2.05, 4.69) is 5.32 Å². The highest BCUT2D eigenvalue weighted by Gasteiger charge is 2.33. The first kappa shape index (κ1) is 34.8. The van der Waals surface area contributed by atoms with E-state index in [4.69, 9.17) is 42.4 Å². The van der Waals surface area contributed by atoms with Crippen molar-refractivity contribution < 1.29 is 24.1 Å². The molecule has 6 rings (SSSR count). The molecular formula is C38H33Cl2N3O6S. The Morgan fingerprint density at radius 3 is 2.40 bits per heavy atom. The molecule has 1 amide bonds. The van der Waals surface area contributed by atoms with Gasteiger partial charge in [-0.3, -0.25) is 14.2 Å². The number of carbonyl (C=O) groups excluding carboxylic acids is 1. The normalized spacial score (nSPS) is 14.2. The fourth-order valence-electron chi connectivity index (χ4n) is 5.58. The lowest BCUT2D eigenvalue weighted by Crippen LogP contribution is -2.40. The maximum atomic E-state index is 14.3. The second-order valence-corrected chi connectivity index (χ2v) is 13.1. The summed E-state index contributed by atoms with van der Waals surface area (Å²) in [6.45, 7) is 6.33. The minimum atomic E-state index is -0.872. The van der Waals surface area contributed by atoms with E-state index in [0.717, 1.165) is 5.56 Å². The van der Waals surface area contributed by atoms with Crippen LogP contribution >= 0.6 is 34.5 Å². The maximum absolute atomic E-state index is 14.3. The molecule has 12 heteroatoms. The maximum Gasteiger partial charge on any atom is 0.271 e. The van der Waals surface area contributed by atoms with Crippen molar-refractivity contribution in [2.75, 3.05) is 18.5 Å². The van der Waals surface area contributed by atoms with Crippen LogP contribution < -0.4 is 34.4 Å². The summed E-state index contributed by atoms with van der Waals surface area (Å²) in [5.41, 5.74) is 3.05. The van der Waals surface area contributed by atoms with Crippen molar-refractivity contribution in [1.29, 1.82) is 0 Å². The average Bonchev–Trinajstić information content (AvgIpc) is 3.39. The lowest BCUT2D eigenvalue weighted by Gasteiger charge is -2.26. The third-order valence-corrected chi connectivity index (χ3v) is 9.34. The van der Waals surface area contributed by atoms with Crippen LogP contribution in [0.1, 0.15) is 43.5 Å². The van der Waals surface area contributed by atoms with Gasteiger partial charge in [-0.2, -0.15) is 0 Å². The van der Waals surface area contributed by atoms with Crippen LogP contribution in [-0.4, -0.2) is 28.8 Å². The SMILES string of the molecule is CCOc1cc([C@H]2C(C(=O)Nc3ccccc3)=C(C)N=c3s/c(=C\c4cc(Cl)c(OCc5ccc(Cl)cc5)c(OCC)c4)c(=O)n32)ccc1O. The number of amides is 1. The van der Waals surface area contributed by atoms with Crippen molar-refractivity contribution in [3.05, 3.63) is 143 Å². The van der Waals surface area contributed by atoms with Gasteiger partial charge in [0.1, 0.15) is 6.61 Å². The van der Waals surface area contributed by atoms with Crippen molar-refractivity contribution in [1.82, 2.24) is 4.57 Å². The number of ether oxygens (including phenoxy) is 3. The molecule has 0 bridgehead atoms. The minimum absolute atomic E-state index is 0.0541. The van der Waals surface area contributed by atoms with E-state index in [-0.39, 0.29) is 29.2 Å². The Balaban J connectivity index is 1.43. The standard InChI is InChI=1S/C38H33Cl2N3O6S/c1-4-47-30-20-25(13-16-29(30)44)34-33(36(45)42-27-9-7-6-8-10-27)22(3)41-38-43(34)37(46)32(50-38)19-24-17-28(40)35(31(18-24)48-5-2)49-21-23-11-14-26(39)15-12-23/h6-20,34,44H,4-5,21H2,1-3H3,(H,42,45)/b32-19-/t34-/m0/s1. The molecule has 0 fully saturated rings. The van der Waals surface area contributed by atoms with E-state index < -0.39 is 11.9 Å². The number of nitrogens with zero attached hydrogens (tertiary/aromatic N) is 2. The van der Waals surface area contributed by atoms with Gasteiger partial charge >= 0.3 is 0 Å². The van der Waals surface area contributed by atoms with Gasteiger partial charge in [-0.25, -0.2) is 4.99 Å². The second kappa shape index (κ2) is 15.2. The fraction of sp³-hybridized carbons (Fsp3) is 0.184. The summed E-state index contributed by atoms with van der Waals surface area (Å²) in [7, 11) is 0. The number of thiazole rings is 1. The molecule has 256 valence electrons. The molecule has 2 heterocycles. The number of rotatable bonds is 11. The van der Waals surface area contributed by atoms with E-state index in [9.17, 15) is 14.7 Å². The third-order valence-electron chi connectivity index (χ3n) is 7.82. The summed E-state index contributed by atoms with van der Waals surface area (Å²) in [6.07, 6.45) is 1.71. The fourth-order valence-corrected chi connectivity index (χ4v) is 7.03. The number of allylic oxidation sites excluding steroid dienone is 1. The summed E-state index contributed by atoms with van der Waals surface area (Å²) in [5.74, 6) is 0.575. The number of fused-ring (bicyclic) bond motifs is 1. The number of hydrogen-bond acceptors (Lipinski definition) is 8. The molecule has 1 aromatic heterocycles. The number of phenolic OH excluding ortho intramolecular Hbond substituents is 1. The Hall–Kier alpha value is -5.03. The molecule has 0 spiro atoms. The lowest BCUT2D eigenvalue weighted by atomic mass is 9.94. The summed E-state index contributed by atoms with van der Waals surface area (Å²) < 4.78 is 19.5. The first-order valence-corrected chi connectivity index (χ1v) is 17.4. The number of halogens is 2. The van der Waals surface area contributed by atoms with Crippen LogP contribution in [0, 0.1) is 0 Å². The van der Waals surface area contributed by atoms with E-state index >= 15 is 0 Å². The third kappa shape index (κ3) is 7.42. The van der Waals surface area contributed by atoms with E-state index in [0.29, 0.717) is 66.6 Å². The molecule has 9 nitrogen and oxygen atoms in total. The number of anilines is 1. The number of benzene rings is 4. The van der Waals surface area contributed by atoms with Crippen LogP contribution in [0.5, 0.6) is 23.0 Å². The van der Waals surface area contributed by atoms with Crippen molar-refractivity contribution in [3.63, 3.8) is 0 Å². The van der Waals surface area contributed by atoms with Gasteiger partial charge in [0.15, 0.2) is 27.8 Å². The molecule has 1 atom stereocenters. The van der Waals surface area contributed by atoms with Gasteiger partial charge in [0.05, 0.1) is 40.1 Å². The van der Waals surface area contributed by atoms with Crippen molar-refractivity contribution >= 4 is 52.2 Å². The monoisotopic (exact) mass is 729 g/mol. The highest BCUT2D eigenvalue weighted by Crippen LogP contribution is 2.38. The number of aromatic nitrogens is 1. The molecule has 4 aromatic carbocycles. The predicted molar refractivity (Wildman–Crippen MR) is 197 cm³/mol. The van der Waals surface area contributed by atoms with Crippen LogP contribution in [0.25, 0.3) is 6.08 Å². The Morgan fingerprint density at radius 2 is 1.68 bits per heavy atom. The molecule has 0 unspecified atom stereocenters. The Kier molecular flexibility index (Phi) is 10.6. The zero-order valence-corrected chi connectivity index (χ0v) is 29.7. The zero-order chi connectivity index (χ0) is 35.4. The molecule has 0 saturated heterocycles. The van der Waals surface area contributed by atoms with Crippen LogP contribution in [0.3, 0.4) is 0 Å². The lowest BCUT2D eigenvalue weighted by molar-refractivity contribution is -0.113. The zero-order valence-electron chi connectivity index (χ0n) is 27.4. The van der Waals surface area contributed by atoms with Crippen LogP contribution in [-0.2, 0) is 11.4 Å². The highest BCUT2D eigenvalue weighted by atomic mass is 35.5. The van der Waals surface area contributed by atoms with Crippen LogP contribution in [0.15, 0.2) is 106 Å². The minimum Gasteiger partial charge on any atom is -0.504 e. The molecule has 0 radical (unpaired) electrons. The Morgan fingerprint density at radius 1 is 0.960 bits per heavy atom. The molecule has 1 aliphatic heterocycles. The Labute approximate surface area is 302 Å². The molecule has 1 aliphatic rings. The number of phenols is 1. The van der Waals surface area contributed by atoms with Gasteiger partial charge in [-0.15, -0.1) is 0 Å². The number of aromatic hydroxyl groups is 1. The number of nitrogens with one attached hydrogen (secondary N) is 1. The molecule has 5 aromatic rings. The predicted octanol–water partition coefficient (Wildman–Crippen LogP) is 7.26. The Bertz CT molecular complexity index is 2270. The van der Waals surface area contributed by atoms with Gasteiger partial charge in [0.25, 0.3) is 11.5 Å². The topological polar surface area (TPSA) is 111 Å². The molecule has 50 heavy (non-hydrogen) atoms. The molecule has 0 saturated carbocycles. The highest BCUT2D eigenvalue weighted by molar-refractivity contribution is 7.07. The number of hydrogen-bond donors (Lipinski definition) is 2. The summed E-state index contributed by atoms with van der Waals surface area (Å²) in [4.78, 5) is 33.3. The summed E-state index contributed by atoms with van der Waals surface area (Å²) in [5, 5.41) is 14.3. The van der Waals surface area contributed by atoms with Gasteiger partial charge in [-0.05, 0) is 92.1 Å². The first-order chi connectivity index (χ1) is 24.2. The second-order valence-electron chi connectivity index (χ2n) is 11.2. The number of para-hydroxylation sites is 1. The average molecular weight is 731 g/mol. The van der Waals surface area contributed by atoms with Crippen LogP contribution in [0.2, 0.25) is 10.0 Å². The van der Waals surface area contributed by atoms with Gasteiger partial charge in [0.2, 0.25) is 0 Å². The quantitative estimate of drug-likeness (QED) is 0.148. The summed E-state index contributed by atoms with van der Waals surface area (Å²) >= 11 is 13.9. The molecule has 0 aliphatic carbocycles. The van der Waals surface area contributed by atoms with Gasteiger partial charge in [0, 0.05) is 10.7 Å². The van der Waals surface area contributed by atoms with Gasteiger partial charge in [-0.1, -0.05) is 70.9 Å². The molecule has 2 N–H and O–H groups in total. The van der Waals surface area contributed by atoms with Crippen molar-refractivity contribution in [3.8, 4) is 23.0 Å². The van der Waals surface area contributed by atoms with Crippen molar-refractivity contribution in [2.45, 2.75) is 33.4 Å². The van der Waals surface area contributed by atoms with Gasteiger partial charge < -0.3 is 24.6 Å². The summed E-state index contributed by atoms with van der Waals surface area (Å²) in [6, 6.07) is 23.8. The van der Waals surface area contributed by atoms with E-state index in [1.54, 1.807) is 68.5 Å². The van der Waals surface area contributed by atoms with Crippen molar-refractivity contribution in [2.24, 2.45) is 4.99 Å². The van der Waals surface area contributed by atoms with Crippen LogP contribution in [0.4, 0.5) is 5.69 Å². The largest absolute Gasteiger partial charge is 0.504 e. The number of carbonyl (C=O) groups is 1. The smallest absolute Gasteiger partial charge is 0.271 e. The first-order valence-electron chi connectivity index (χ1n) is 15.8. The molecular weight excluding hydrogens is 697 g/mol.